The normalized spacial score (nSPS) is 12.3. The lowest BCUT2D eigenvalue weighted by atomic mass is 10.2. The largest absolute Gasteiger partial charge is 0.497 e. The van der Waals surface area contributed by atoms with Crippen molar-refractivity contribution in [1.82, 2.24) is 4.72 Å². The minimum Gasteiger partial charge on any atom is -0.497 e. The number of amides is 1. The van der Waals surface area contributed by atoms with Gasteiger partial charge in [0.15, 0.2) is 0 Å². The number of sulfonamides is 1. The van der Waals surface area contributed by atoms with Gasteiger partial charge in [-0.05, 0) is 31.2 Å². The topological polar surface area (TPSA) is 93.7 Å². The summed E-state index contributed by atoms with van der Waals surface area (Å²) in [7, 11) is -0.817. The van der Waals surface area contributed by atoms with Crippen LogP contribution >= 0.6 is 0 Å². The summed E-state index contributed by atoms with van der Waals surface area (Å²) >= 11 is 0. The molecular weight excluding hydrogens is 344 g/mol. The molecule has 2 N–H and O–H groups in total. The lowest BCUT2D eigenvalue weighted by Gasteiger charge is -2.16. The van der Waals surface area contributed by atoms with Crippen LogP contribution in [-0.4, -0.2) is 34.6 Å². The molecular formula is C17H20N2O5S. The second-order valence-electron chi connectivity index (χ2n) is 5.21. The van der Waals surface area contributed by atoms with Gasteiger partial charge < -0.3 is 14.8 Å². The van der Waals surface area contributed by atoms with Gasteiger partial charge in [0.2, 0.25) is 15.9 Å². The molecule has 2 aromatic rings. The average Bonchev–Trinajstić information content (AvgIpc) is 2.62. The van der Waals surface area contributed by atoms with E-state index in [0.717, 1.165) is 0 Å². The molecule has 0 saturated carbocycles. The molecule has 134 valence electrons. The van der Waals surface area contributed by atoms with Gasteiger partial charge in [0.05, 0.1) is 30.8 Å². The van der Waals surface area contributed by atoms with E-state index in [0.29, 0.717) is 17.2 Å². The summed E-state index contributed by atoms with van der Waals surface area (Å²) in [6, 6.07) is 11.8. The lowest BCUT2D eigenvalue weighted by Crippen LogP contribution is -2.41. The summed E-state index contributed by atoms with van der Waals surface area (Å²) in [4.78, 5) is 12.4. The zero-order valence-electron chi connectivity index (χ0n) is 14.1. The Labute approximate surface area is 147 Å². The Morgan fingerprint density at radius 2 is 1.72 bits per heavy atom. The van der Waals surface area contributed by atoms with Gasteiger partial charge in [0.1, 0.15) is 11.5 Å². The zero-order chi connectivity index (χ0) is 18.4. The third-order valence-corrected chi connectivity index (χ3v) is 5.00. The first-order valence-corrected chi connectivity index (χ1v) is 8.96. The van der Waals surface area contributed by atoms with E-state index in [1.54, 1.807) is 36.4 Å². The maximum atomic E-state index is 12.4. The van der Waals surface area contributed by atoms with Crippen LogP contribution < -0.4 is 19.5 Å². The Morgan fingerprint density at radius 1 is 1.04 bits per heavy atom. The third-order valence-electron chi connectivity index (χ3n) is 3.44. The van der Waals surface area contributed by atoms with Crippen LogP contribution in [0.4, 0.5) is 5.69 Å². The molecule has 7 nitrogen and oxygen atoms in total. The molecule has 1 atom stereocenters. The fourth-order valence-electron chi connectivity index (χ4n) is 2.11. The van der Waals surface area contributed by atoms with Crippen LogP contribution in [0.5, 0.6) is 11.5 Å². The van der Waals surface area contributed by atoms with Crippen molar-refractivity contribution in [3.8, 4) is 11.5 Å². The minimum absolute atomic E-state index is 0.0913. The van der Waals surface area contributed by atoms with Crippen molar-refractivity contribution < 1.29 is 22.7 Å². The van der Waals surface area contributed by atoms with Crippen molar-refractivity contribution in [2.45, 2.75) is 17.9 Å². The Hall–Kier alpha value is -2.58. The number of nitrogens with one attached hydrogen (secondary N) is 2. The van der Waals surface area contributed by atoms with E-state index in [9.17, 15) is 13.2 Å². The molecule has 2 aromatic carbocycles. The van der Waals surface area contributed by atoms with E-state index >= 15 is 0 Å². The molecule has 0 bridgehead atoms. The van der Waals surface area contributed by atoms with E-state index in [-0.39, 0.29) is 4.90 Å². The molecule has 8 heteroatoms. The summed E-state index contributed by atoms with van der Waals surface area (Å²) in [6.07, 6.45) is 0. The van der Waals surface area contributed by atoms with Crippen molar-refractivity contribution in [1.29, 1.82) is 0 Å². The van der Waals surface area contributed by atoms with Gasteiger partial charge in [-0.2, -0.15) is 4.72 Å². The molecule has 0 aliphatic rings. The molecule has 2 rings (SSSR count). The number of ether oxygens (including phenoxy) is 2. The smallest absolute Gasteiger partial charge is 0.242 e. The molecule has 0 aliphatic carbocycles. The van der Waals surface area contributed by atoms with Crippen LogP contribution in [0.25, 0.3) is 0 Å². The predicted octanol–water partition coefficient (Wildman–Crippen LogP) is 2.01. The van der Waals surface area contributed by atoms with Crippen LogP contribution in [0.1, 0.15) is 6.92 Å². The summed E-state index contributed by atoms with van der Waals surface area (Å²) in [5.74, 6) is 0.451. The molecule has 0 radical (unpaired) electrons. The van der Waals surface area contributed by atoms with E-state index in [2.05, 4.69) is 10.0 Å². The highest BCUT2D eigenvalue weighted by Crippen LogP contribution is 2.29. The number of carbonyl (C=O) groups excluding carboxylic acids is 1. The number of methoxy groups -OCH3 is 2. The van der Waals surface area contributed by atoms with Crippen LogP contribution in [0.2, 0.25) is 0 Å². The molecule has 1 unspecified atom stereocenters. The second kappa shape index (κ2) is 8.00. The van der Waals surface area contributed by atoms with Gasteiger partial charge in [-0.3, -0.25) is 4.79 Å². The molecule has 0 aromatic heterocycles. The van der Waals surface area contributed by atoms with Gasteiger partial charge >= 0.3 is 0 Å². The zero-order valence-corrected chi connectivity index (χ0v) is 15.0. The SMILES string of the molecule is COc1ccc(OC)c(NC(=O)C(C)NS(=O)(=O)c2ccccc2)c1. The van der Waals surface area contributed by atoms with Crippen molar-refractivity contribution in [3.63, 3.8) is 0 Å². The van der Waals surface area contributed by atoms with Crippen molar-refractivity contribution in [3.05, 3.63) is 48.5 Å². The maximum absolute atomic E-state index is 12.4. The molecule has 1 amide bonds. The predicted molar refractivity (Wildman–Crippen MR) is 94.4 cm³/mol. The van der Waals surface area contributed by atoms with Gasteiger partial charge in [-0.25, -0.2) is 8.42 Å². The first-order valence-electron chi connectivity index (χ1n) is 7.47. The highest BCUT2D eigenvalue weighted by atomic mass is 32.2. The summed E-state index contributed by atoms with van der Waals surface area (Å²) in [6.45, 7) is 1.46. The third kappa shape index (κ3) is 4.71. The molecule has 25 heavy (non-hydrogen) atoms. The van der Waals surface area contributed by atoms with E-state index in [1.807, 2.05) is 0 Å². The second-order valence-corrected chi connectivity index (χ2v) is 6.93. The van der Waals surface area contributed by atoms with Crippen LogP contribution in [0.15, 0.2) is 53.4 Å². The molecule has 0 aliphatic heterocycles. The number of carbonyl (C=O) groups is 1. The highest BCUT2D eigenvalue weighted by molar-refractivity contribution is 7.89. The molecule has 0 spiro atoms. The fraction of sp³-hybridized carbons (Fsp3) is 0.235. The standard InChI is InChI=1S/C17H20N2O5S/c1-12(19-25(21,22)14-7-5-4-6-8-14)17(20)18-15-11-13(23-2)9-10-16(15)24-3/h4-12,19H,1-3H3,(H,18,20). The quantitative estimate of drug-likeness (QED) is 0.784. The number of hydrogen-bond donors (Lipinski definition) is 2. The molecule has 0 fully saturated rings. The Balaban J connectivity index is 2.13. The van der Waals surface area contributed by atoms with Crippen molar-refractivity contribution in [2.75, 3.05) is 19.5 Å². The van der Waals surface area contributed by atoms with E-state index < -0.39 is 22.0 Å². The first-order chi connectivity index (χ1) is 11.9. The van der Waals surface area contributed by atoms with Crippen LogP contribution in [0.3, 0.4) is 0 Å². The molecule has 0 saturated heterocycles. The Bertz CT molecular complexity index is 837. The average molecular weight is 364 g/mol. The van der Waals surface area contributed by atoms with Gasteiger partial charge in [0, 0.05) is 6.07 Å². The van der Waals surface area contributed by atoms with Crippen molar-refractivity contribution >= 4 is 21.6 Å². The number of hydrogen-bond acceptors (Lipinski definition) is 5. The van der Waals surface area contributed by atoms with Crippen LogP contribution in [0, 0.1) is 0 Å². The van der Waals surface area contributed by atoms with E-state index in [4.69, 9.17) is 9.47 Å². The number of benzene rings is 2. The van der Waals surface area contributed by atoms with Crippen molar-refractivity contribution in [2.24, 2.45) is 0 Å². The summed E-state index contributed by atoms with van der Waals surface area (Å²) in [5.41, 5.74) is 0.387. The summed E-state index contributed by atoms with van der Waals surface area (Å²) in [5, 5.41) is 2.64. The van der Waals surface area contributed by atoms with Crippen LogP contribution in [-0.2, 0) is 14.8 Å². The Morgan fingerprint density at radius 3 is 2.32 bits per heavy atom. The van der Waals surface area contributed by atoms with E-state index in [1.165, 1.54) is 33.3 Å². The molecule has 0 heterocycles. The number of rotatable bonds is 7. The monoisotopic (exact) mass is 364 g/mol. The lowest BCUT2D eigenvalue weighted by molar-refractivity contribution is -0.117. The summed E-state index contributed by atoms with van der Waals surface area (Å²) < 4.78 is 37.2. The van der Waals surface area contributed by atoms with Gasteiger partial charge in [0.25, 0.3) is 0 Å². The highest BCUT2D eigenvalue weighted by Gasteiger charge is 2.22. The Kier molecular flexibility index (Phi) is 6.00. The maximum Gasteiger partial charge on any atom is 0.242 e. The number of anilines is 1. The van der Waals surface area contributed by atoms with Gasteiger partial charge in [-0.1, -0.05) is 18.2 Å². The van der Waals surface area contributed by atoms with Gasteiger partial charge in [-0.15, -0.1) is 0 Å². The minimum atomic E-state index is -3.79. The first kappa shape index (κ1) is 18.8. The fourth-order valence-corrected chi connectivity index (χ4v) is 3.33.